The van der Waals surface area contributed by atoms with Gasteiger partial charge in [0.15, 0.2) is 0 Å². The molecule has 100 valence electrons. The normalized spacial score (nSPS) is 24.4. The highest BCUT2D eigenvalue weighted by Gasteiger charge is 2.40. The zero-order chi connectivity index (χ0) is 14.2. The summed E-state index contributed by atoms with van der Waals surface area (Å²) in [4.78, 5) is 1.11. The summed E-state index contributed by atoms with van der Waals surface area (Å²) in [7, 11) is 0. The van der Waals surface area contributed by atoms with Gasteiger partial charge in [-0.15, -0.1) is 0 Å². The second-order valence-electron chi connectivity index (χ2n) is 4.95. The molecule has 0 aromatic heterocycles. The van der Waals surface area contributed by atoms with Crippen molar-refractivity contribution in [3.63, 3.8) is 0 Å². The van der Waals surface area contributed by atoms with Crippen LogP contribution in [0.25, 0.3) is 0 Å². The molecule has 0 amide bonds. The average Bonchev–Trinajstić information content (AvgIpc) is 2.47. The number of hydrogen-bond acceptors (Lipinski definition) is 3. The zero-order valence-corrected chi connectivity index (χ0v) is 12.5. The van der Waals surface area contributed by atoms with Crippen molar-refractivity contribution >= 4 is 29.1 Å². The van der Waals surface area contributed by atoms with Gasteiger partial charge in [-0.2, -0.15) is 5.26 Å². The van der Waals surface area contributed by atoms with E-state index in [1.165, 1.54) is 0 Å². The van der Waals surface area contributed by atoms with Gasteiger partial charge < -0.3 is 5.32 Å². The fourth-order valence-corrected chi connectivity index (χ4v) is 3.72. The molecule has 0 fully saturated rings. The summed E-state index contributed by atoms with van der Waals surface area (Å²) in [6, 6.07) is 18.1. The Balaban J connectivity index is 2.06. The molecule has 0 aliphatic carbocycles. The van der Waals surface area contributed by atoms with Crippen LogP contribution in [-0.4, -0.2) is 4.75 Å². The van der Waals surface area contributed by atoms with Gasteiger partial charge in [-0.25, -0.2) is 0 Å². The van der Waals surface area contributed by atoms with Gasteiger partial charge in [0.1, 0.15) is 4.75 Å². The SMILES string of the molecule is CC1(C#N)Sc2ccccc2NC1c1ccc(Cl)cc1. The Kier molecular flexibility index (Phi) is 3.37. The Morgan fingerprint density at radius 2 is 1.90 bits per heavy atom. The number of halogens is 1. The molecule has 4 heteroatoms. The van der Waals surface area contributed by atoms with E-state index in [0.29, 0.717) is 5.02 Å². The second-order valence-corrected chi connectivity index (χ2v) is 6.87. The molecule has 1 N–H and O–H groups in total. The Bertz CT molecular complexity index is 678. The number of benzene rings is 2. The van der Waals surface area contributed by atoms with E-state index in [1.807, 2.05) is 55.5 Å². The largest absolute Gasteiger partial charge is 0.375 e. The summed E-state index contributed by atoms with van der Waals surface area (Å²) in [6.45, 7) is 1.97. The van der Waals surface area contributed by atoms with Crippen LogP contribution in [0, 0.1) is 11.3 Å². The van der Waals surface area contributed by atoms with Gasteiger partial charge in [-0.05, 0) is 36.8 Å². The molecule has 0 radical (unpaired) electrons. The highest BCUT2D eigenvalue weighted by Crippen LogP contribution is 2.50. The quantitative estimate of drug-likeness (QED) is 0.815. The Hall–Kier alpha value is -1.63. The number of para-hydroxylation sites is 1. The van der Waals surface area contributed by atoms with Crippen LogP contribution < -0.4 is 5.32 Å². The minimum atomic E-state index is -0.553. The Morgan fingerprint density at radius 3 is 2.60 bits per heavy atom. The number of nitrogens with zero attached hydrogens (tertiary/aromatic N) is 1. The molecule has 1 heterocycles. The van der Waals surface area contributed by atoms with Crippen LogP contribution in [-0.2, 0) is 0 Å². The third-order valence-corrected chi connectivity index (χ3v) is 5.06. The van der Waals surface area contributed by atoms with Crippen molar-refractivity contribution in [2.24, 2.45) is 0 Å². The maximum atomic E-state index is 9.63. The number of nitrogens with one attached hydrogen (secondary N) is 1. The number of hydrogen-bond donors (Lipinski definition) is 1. The fourth-order valence-electron chi connectivity index (χ4n) is 2.40. The molecule has 0 saturated carbocycles. The second kappa shape index (κ2) is 5.05. The predicted octanol–water partition coefficient (Wildman–Crippen LogP) is 4.88. The minimum absolute atomic E-state index is 0.0651. The summed E-state index contributed by atoms with van der Waals surface area (Å²) in [6.07, 6.45) is 0. The monoisotopic (exact) mass is 300 g/mol. The molecule has 0 spiro atoms. The van der Waals surface area contributed by atoms with Crippen LogP contribution in [0.2, 0.25) is 5.02 Å². The molecular formula is C16H13ClN2S. The molecule has 0 bridgehead atoms. The predicted molar refractivity (Wildman–Crippen MR) is 84.1 cm³/mol. The first-order valence-electron chi connectivity index (χ1n) is 6.34. The maximum Gasteiger partial charge on any atom is 0.128 e. The van der Waals surface area contributed by atoms with Crippen molar-refractivity contribution in [1.82, 2.24) is 0 Å². The van der Waals surface area contributed by atoms with Gasteiger partial charge in [0, 0.05) is 15.6 Å². The van der Waals surface area contributed by atoms with Crippen molar-refractivity contribution in [1.29, 1.82) is 5.26 Å². The summed E-state index contributed by atoms with van der Waals surface area (Å²) >= 11 is 7.56. The lowest BCUT2D eigenvalue weighted by Gasteiger charge is -2.38. The average molecular weight is 301 g/mol. The lowest BCUT2D eigenvalue weighted by atomic mass is 9.94. The van der Waals surface area contributed by atoms with Gasteiger partial charge in [-0.1, -0.05) is 47.6 Å². The van der Waals surface area contributed by atoms with Crippen molar-refractivity contribution in [2.45, 2.75) is 22.6 Å². The van der Waals surface area contributed by atoms with Gasteiger partial charge in [0.05, 0.1) is 12.1 Å². The summed E-state index contributed by atoms with van der Waals surface area (Å²) < 4.78 is -0.553. The van der Waals surface area contributed by atoms with E-state index in [4.69, 9.17) is 11.6 Å². The van der Waals surface area contributed by atoms with E-state index in [2.05, 4.69) is 11.4 Å². The molecule has 2 unspecified atom stereocenters. The molecule has 0 saturated heterocycles. The van der Waals surface area contributed by atoms with Crippen molar-refractivity contribution in [3.05, 3.63) is 59.1 Å². The summed E-state index contributed by atoms with van der Waals surface area (Å²) in [5, 5.41) is 13.8. The number of nitriles is 1. The number of thioether (sulfide) groups is 1. The lowest BCUT2D eigenvalue weighted by molar-refractivity contribution is 0.653. The van der Waals surface area contributed by atoms with E-state index in [0.717, 1.165) is 16.1 Å². The molecule has 2 nitrogen and oxygen atoms in total. The highest BCUT2D eigenvalue weighted by molar-refractivity contribution is 8.01. The molecule has 2 aromatic carbocycles. The van der Waals surface area contributed by atoms with E-state index in [1.54, 1.807) is 11.8 Å². The van der Waals surface area contributed by atoms with Crippen LogP contribution in [0.3, 0.4) is 0 Å². The summed E-state index contributed by atoms with van der Waals surface area (Å²) in [5.74, 6) is 0. The molecule has 2 atom stereocenters. The maximum absolute atomic E-state index is 9.63. The third kappa shape index (κ3) is 2.26. The topological polar surface area (TPSA) is 35.8 Å². The van der Waals surface area contributed by atoms with Crippen LogP contribution in [0.5, 0.6) is 0 Å². The Morgan fingerprint density at radius 1 is 1.20 bits per heavy atom. The minimum Gasteiger partial charge on any atom is -0.375 e. The molecule has 1 aliphatic heterocycles. The smallest absolute Gasteiger partial charge is 0.128 e. The fraction of sp³-hybridized carbons (Fsp3) is 0.188. The number of anilines is 1. The Labute approximate surface area is 127 Å². The highest BCUT2D eigenvalue weighted by atomic mass is 35.5. The zero-order valence-electron chi connectivity index (χ0n) is 10.9. The van der Waals surface area contributed by atoms with E-state index < -0.39 is 4.75 Å². The molecular weight excluding hydrogens is 288 g/mol. The van der Waals surface area contributed by atoms with Gasteiger partial charge in [-0.3, -0.25) is 0 Å². The molecule has 2 aromatic rings. The van der Waals surface area contributed by atoms with E-state index in [9.17, 15) is 5.26 Å². The molecule has 1 aliphatic rings. The first-order valence-corrected chi connectivity index (χ1v) is 7.53. The van der Waals surface area contributed by atoms with E-state index in [-0.39, 0.29) is 6.04 Å². The standard InChI is InChI=1S/C16H13ClN2S/c1-16(10-18)15(11-6-8-12(17)9-7-11)19-13-4-2-3-5-14(13)20-16/h2-9,15,19H,1H3. The van der Waals surface area contributed by atoms with Crippen LogP contribution in [0.15, 0.2) is 53.4 Å². The van der Waals surface area contributed by atoms with Crippen molar-refractivity contribution < 1.29 is 0 Å². The first-order chi connectivity index (χ1) is 9.62. The first kappa shape index (κ1) is 13.4. The van der Waals surface area contributed by atoms with E-state index >= 15 is 0 Å². The van der Waals surface area contributed by atoms with Crippen LogP contribution in [0.4, 0.5) is 5.69 Å². The number of rotatable bonds is 1. The van der Waals surface area contributed by atoms with Crippen LogP contribution in [0.1, 0.15) is 18.5 Å². The van der Waals surface area contributed by atoms with Crippen molar-refractivity contribution in [3.8, 4) is 6.07 Å². The third-order valence-electron chi connectivity index (χ3n) is 3.49. The molecule has 3 rings (SSSR count). The van der Waals surface area contributed by atoms with Gasteiger partial charge >= 0.3 is 0 Å². The number of fused-ring (bicyclic) bond motifs is 1. The lowest BCUT2D eigenvalue weighted by Crippen LogP contribution is -2.36. The van der Waals surface area contributed by atoms with Gasteiger partial charge in [0.25, 0.3) is 0 Å². The summed E-state index contributed by atoms with van der Waals surface area (Å²) in [5.41, 5.74) is 2.14. The van der Waals surface area contributed by atoms with Gasteiger partial charge in [0.2, 0.25) is 0 Å². The van der Waals surface area contributed by atoms with Crippen molar-refractivity contribution in [2.75, 3.05) is 5.32 Å². The molecule has 20 heavy (non-hydrogen) atoms. The van der Waals surface area contributed by atoms with Crippen LogP contribution >= 0.6 is 23.4 Å².